The van der Waals surface area contributed by atoms with Gasteiger partial charge in [-0.25, -0.2) is 0 Å². The molecule has 0 aliphatic heterocycles. The molecule has 0 atom stereocenters. The number of rotatable bonds is 7. The number of ether oxygens (including phenoxy) is 1. The molecule has 11 heavy (non-hydrogen) atoms. The third-order valence-corrected chi connectivity index (χ3v) is 3.08. The van der Waals surface area contributed by atoms with E-state index in [4.69, 9.17) is 13.6 Å². The maximum atomic E-state index is 5.38. The maximum Gasteiger partial charge on any atom is 0.348 e. The standard InChI is InChI=1S/C7H18O3Si/c1-4-8-7-11(9-5-2)10-6-3/h11H,4-7H2,1-3H3. The molecule has 0 aliphatic rings. The molecule has 0 bridgehead atoms. The van der Waals surface area contributed by atoms with E-state index in [1.807, 2.05) is 20.8 Å². The second-order valence-electron chi connectivity index (χ2n) is 2.00. The van der Waals surface area contributed by atoms with Crippen molar-refractivity contribution < 1.29 is 13.6 Å². The third kappa shape index (κ3) is 6.49. The van der Waals surface area contributed by atoms with Gasteiger partial charge in [0, 0.05) is 19.8 Å². The van der Waals surface area contributed by atoms with Crippen LogP contribution in [0.4, 0.5) is 0 Å². The van der Waals surface area contributed by atoms with Crippen LogP contribution in [-0.2, 0) is 13.6 Å². The lowest BCUT2D eigenvalue weighted by Gasteiger charge is -2.13. The van der Waals surface area contributed by atoms with Gasteiger partial charge in [0.05, 0.1) is 6.23 Å². The molecule has 0 aromatic rings. The summed E-state index contributed by atoms with van der Waals surface area (Å²) in [4.78, 5) is 0. The molecule has 0 saturated heterocycles. The Morgan fingerprint density at radius 3 is 1.82 bits per heavy atom. The maximum absolute atomic E-state index is 5.38. The predicted octanol–water partition coefficient (Wildman–Crippen LogP) is 0.856. The van der Waals surface area contributed by atoms with Crippen molar-refractivity contribution in [3.63, 3.8) is 0 Å². The Kier molecular flexibility index (Phi) is 8.27. The molecule has 0 amide bonds. The summed E-state index contributed by atoms with van der Waals surface area (Å²) in [7, 11) is -1.47. The highest BCUT2D eigenvalue weighted by atomic mass is 28.3. The van der Waals surface area contributed by atoms with Gasteiger partial charge >= 0.3 is 9.28 Å². The van der Waals surface area contributed by atoms with Crippen LogP contribution < -0.4 is 0 Å². The zero-order chi connectivity index (χ0) is 8.53. The Bertz CT molecular complexity index is 74.1. The lowest BCUT2D eigenvalue weighted by Crippen LogP contribution is -2.29. The zero-order valence-corrected chi connectivity index (χ0v) is 8.79. The second-order valence-corrected chi connectivity index (χ2v) is 3.86. The molecule has 0 aromatic carbocycles. The van der Waals surface area contributed by atoms with E-state index < -0.39 is 9.28 Å². The van der Waals surface area contributed by atoms with Crippen LogP contribution in [0.2, 0.25) is 0 Å². The number of hydrogen-bond donors (Lipinski definition) is 0. The van der Waals surface area contributed by atoms with E-state index in [2.05, 4.69) is 0 Å². The van der Waals surface area contributed by atoms with Crippen LogP contribution in [0.3, 0.4) is 0 Å². The first-order chi connectivity index (χ1) is 5.35. The van der Waals surface area contributed by atoms with Gasteiger partial charge in [0.2, 0.25) is 0 Å². The molecule has 68 valence electrons. The highest BCUT2D eigenvalue weighted by Crippen LogP contribution is 1.90. The largest absolute Gasteiger partial charge is 0.396 e. The molecule has 0 fully saturated rings. The Balaban J connectivity index is 3.34. The molecule has 0 rings (SSSR count). The van der Waals surface area contributed by atoms with Crippen molar-refractivity contribution in [2.75, 3.05) is 26.1 Å². The van der Waals surface area contributed by atoms with Gasteiger partial charge in [0.25, 0.3) is 0 Å². The molecule has 0 N–H and O–H groups in total. The SMILES string of the molecule is CCOC[SiH](OCC)OCC. The summed E-state index contributed by atoms with van der Waals surface area (Å²) >= 11 is 0. The molecule has 0 spiro atoms. The summed E-state index contributed by atoms with van der Waals surface area (Å²) in [5.74, 6) is 0. The lowest BCUT2D eigenvalue weighted by atomic mass is 10.9. The van der Waals surface area contributed by atoms with Gasteiger partial charge in [-0.1, -0.05) is 0 Å². The Labute approximate surface area is 70.5 Å². The van der Waals surface area contributed by atoms with Gasteiger partial charge in [0.1, 0.15) is 0 Å². The van der Waals surface area contributed by atoms with Crippen molar-refractivity contribution in [2.45, 2.75) is 20.8 Å². The lowest BCUT2D eigenvalue weighted by molar-refractivity contribution is 0.132. The first kappa shape index (κ1) is 11.1. The van der Waals surface area contributed by atoms with Crippen LogP contribution >= 0.6 is 0 Å². The van der Waals surface area contributed by atoms with Crippen molar-refractivity contribution in [2.24, 2.45) is 0 Å². The van der Waals surface area contributed by atoms with E-state index in [0.29, 0.717) is 6.23 Å². The van der Waals surface area contributed by atoms with Crippen molar-refractivity contribution in [1.29, 1.82) is 0 Å². The summed E-state index contributed by atoms with van der Waals surface area (Å²) < 4.78 is 16.0. The van der Waals surface area contributed by atoms with Crippen LogP contribution in [0.15, 0.2) is 0 Å². The van der Waals surface area contributed by atoms with Crippen molar-refractivity contribution >= 4 is 9.28 Å². The minimum absolute atomic E-state index is 0.665. The molecule has 4 heteroatoms. The van der Waals surface area contributed by atoms with Gasteiger partial charge in [-0.3, -0.25) is 0 Å². The highest BCUT2D eigenvalue weighted by molar-refractivity contribution is 6.44. The van der Waals surface area contributed by atoms with Gasteiger partial charge in [-0.2, -0.15) is 0 Å². The van der Waals surface area contributed by atoms with Crippen LogP contribution in [0.25, 0.3) is 0 Å². The molecular weight excluding hydrogens is 160 g/mol. The van der Waals surface area contributed by atoms with E-state index >= 15 is 0 Å². The summed E-state index contributed by atoms with van der Waals surface area (Å²) in [6.45, 7) is 8.12. The van der Waals surface area contributed by atoms with Gasteiger partial charge in [0.15, 0.2) is 0 Å². The first-order valence-corrected chi connectivity index (χ1v) is 5.91. The number of hydrogen-bond acceptors (Lipinski definition) is 3. The quantitative estimate of drug-likeness (QED) is 0.541. The third-order valence-electron chi connectivity index (χ3n) is 1.16. The van der Waals surface area contributed by atoms with Gasteiger partial charge < -0.3 is 13.6 Å². The molecule has 0 radical (unpaired) electrons. The van der Waals surface area contributed by atoms with Gasteiger partial charge in [-0.15, -0.1) is 0 Å². The summed E-state index contributed by atoms with van der Waals surface area (Å²) in [5, 5.41) is 0. The van der Waals surface area contributed by atoms with Crippen LogP contribution in [-0.4, -0.2) is 35.3 Å². The van der Waals surface area contributed by atoms with Crippen LogP contribution in [0, 0.1) is 0 Å². The fourth-order valence-electron chi connectivity index (χ4n) is 0.730. The highest BCUT2D eigenvalue weighted by Gasteiger charge is 2.10. The molecule has 0 heterocycles. The average molecular weight is 178 g/mol. The van der Waals surface area contributed by atoms with Crippen molar-refractivity contribution in [1.82, 2.24) is 0 Å². The molecular formula is C7H18O3Si. The topological polar surface area (TPSA) is 27.7 Å². The Morgan fingerprint density at radius 1 is 0.909 bits per heavy atom. The molecule has 0 unspecified atom stereocenters. The molecule has 0 saturated carbocycles. The minimum Gasteiger partial charge on any atom is -0.396 e. The minimum atomic E-state index is -1.47. The van der Waals surface area contributed by atoms with E-state index in [0.717, 1.165) is 19.8 Å². The van der Waals surface area contributed by atoms with Crippen molar-refractivity contribution in [3.8, 4) is 0 Å². The summed E-state index contributed by atoms with van der Waals surface area (Å²) in [6.07, 6.45) is 0.665. The Hall–Kier alpha value is 0.0969. The van der Waals surface area contributed by atoms with Crippen LogP contribution in [0.5, 0.6) is 0 Å². The van der Waals surface area contributed by atoms with Crippen LogP contribution in [0.1, 0.15) is 20.8 Å². The molecule has 0 aromatic heterocycles. The molecule has 3 nitrogen and oxygen atoms in total. The summed E-state index contributed by atoms with van der Waals surface area (Å²) in [5.41, 5.74) is 0. The van der Waals surface area contributed by atoms with E-state index in [9.17, 15) is 0 Å². The fraction of sp³-hybridized carbons (Fsp3) is 1.00. The predicted molar refractivity (Wildman–Crippen MR) is 46.9 cm³/mol. The Morgan fingerprint density at radius 2 is 1.45 bits per heavy atom. The van der Waals surface area contributed by atoms with E-state index in [-0.39, 0.29) is 0 Å². The first-order valence-electron chi connectivity index (χ1n) is 4.16. The van der Waals surface area contributed by atoms with Crippen molar-refractivity contribution in [3.05, 3.63) is 0 Å². The zero-order valence-electron chi connectivity index (χ0n) is 7.63. The van der Waals surface area contributed by atoms with E-state index in [1.165, 1.54) is 0 Å². The van der Waals surface area contributed by atoms with Gasteiger partial charge in [-0.05, 0) is 20.8 Å². The van der Waals surface area contributed by atoms with E-state index in [1.54, 1.807) is 0 Å². The molecule has 0 aliphatic carbocycles. The average Bonchev–Trinajstić information content (AvgIpc) is 2.01. The smallest absolute Gasteiger partial charge is 0.348 e. The second kappa shape index (κ2) is 8.20. The summed E-state index contributed by atoms with van der Waals surface area (Å²) in [6, 6.07) is 0. The normalized spacial score (nSPS) is 10.9. The monoisotopic (exact) mass is 178 g/mol. The fourth-order valence-corrected chi connectivity index (χ4v) is 2.19.